The largest absolute Gasteiger partial charge is 0.467 e. The minimum absolute atomic E-state index is 0.168. The quantitative estimate of drug-likeness (QED) is 0.842. The van der Waals surface area contributed by atoms with Gasteiger partial charge >= 0.3 is 0 Å². The highest BCUT2D eigenvalue weighted by Crippen LogP contribution is 2.28. The van der Waals surface area contributed by atoms with Crippen LogP contribution >= 0.6 is 11.6 Å². The van der Waals surface area contributed by atoms with Gasteiger partial charge < -0.3 is 14.1 Å². The second-order valence-electron chi connectivity index (χ2n) is 4.59. The summed E-state index contributed by atoms with van der Waals surface area (Å²) in [6.07, 6.45) is 3.05. The Morgan fingerprint density at radius 2 is 2.35 bits per heavy atom. The number of halogens is 1. The molecule has 106 valence electrons. The third kappa shape index (κ3) is 2.32. The van der Waals surface area contributed by atoms with Crippen molar-refractivity contribution in [3.05, 3.63) is 45.7 Å². The molecule has 0 radical (unpaired) electrons. The lowest BCUT2D eigenvalue weighted by molar-refractivity contribution is 0.0257. The molecular weight excluding hydrogens is 282 g/mol. The van der Waals surface area contributed by atoms with E-state index in [1.54, 1.807) is 19.5 Å². The molecule has 0 amide bonds. The number of rotatable bonds is 2. The second-order valence-corrected chi connectivity index (χ2v) is 4.97. The van der Waals surface area contributed by atoms with Crippen LogP contribution in [0.2, 0.25) is 5.02 Å². The van der Waals surface area contributed by atoms with Gasteiger partial charge in [-0.05, 0) is 12.1 Å². The summed E-state index contributed by atoms with van der Waals surface area (Å²) in [5.74, 6) is 0.766. The number of aryl methyl sites for hydroxylation is 1. The Kier molecular flexibility index (Phi) is 3.50. The van der Waals surface area contributed by atoms with E-state index in [2.05, 4.69) is 5.10 Å². The Morgan fingerprint density at radius 3 is 3.10 bits per heavy atom. The van der Waals surface area contributed by atoms with Crippen LogP contribution < -0.4 is 10.5 Å². The van der Waals surface area contributed by atoms with Crippen molar-refractivity contribution in [3.63, 3.8) is 0 Å². The smallest absolute Gasteiger partial charge is 0.287 e. The van der Waals surface area contributed by atoms with Gasteiger partial charge in [0, 0.05) is 13.6 Å². The normalized spacial score (nSPS) is 19.3. The van der Waals surface area contributed by atoms with Gasteiger partial charge in [0.2, 0.25) is 0 Å². The van der Waals surface area contributed by atoms with Crippen molar-refractivity contribution in [1.29, 1.82) is 0 Å². The number of aromatic nitrogens is 2. The number of anilines is 1. The number of morpholine rings is 1. The molecule has 2 aromatic heterocycles. The van der Waals surface area contributed by atoms with E-state index in [1.807, 2.05) is 17.0 Å². The van der Waals surface area contributed by atoms with Gasteiger partial charge in [0.25, 0.3) is 5.56 Å². The maximum absolute atomic E-state index is 11.8. The molecule has 0 spiro atoms. The van der Waals surface area contributed by atoms with E-state index in [0.29, 0.717) is 25.4 Å². The van der Waals surface area contributed by atoms with Crippen LogP contribution in [0.5, 0.6) is 0 Å². The summed E-state index contributed by atoms with van der Waals surface area (Å²) in [6.45, 7) is 1.77. The predicted octanol–water partition coefficient (Wildman–Crippen LogP) is 1.60. The summed E-state index contributed by atoms with van der Waals surface area (Å²) in [7, 11) is 1.57. The van der Waals surface area contributed by atoms with Gasteiger partial charge in [-0.2, -0.15) is 5.10 Å². The first kappa shape index (κ1) is 13.2. The molecule has 1 atom stereocenters. The molecule has 3 heterocycles. The van der Waals surface area contributed by atoms with Crippen LogP contribution in [0, 0.1) is 0 Å². The molecule has 0 N–H and O–H groups in total. The van der Waals surface area contributed by atoms with E-state index in [4.69, 9.17) is 20.8 Å². The van der Waals surface area contributed by atoms with Gasteiger partial charge in [-0.15, -0.1) is 0 Å². The highest BCUT2D eigenvalue weighted by atomic mass is 35.5. The fraction of sp³-hybridized carbons (Fsp3) is 0.385. The van der Waals surface area contributed by atoms with E-state index in [0.717, 1.165) is 5.76 Å². The maximum Gasteiger partial charge on any atom is 0.287 e. The van der Waals surface area contributed by atoms with Crippen LogP contribution in [0.15, 0.2) is 33.8 Å². The number of nitrogens with zero attached hydrogens (tertiary/aromatic N) is 3. The van der Waals surface area contributed by atoms with Crippen molar-refractivity contribution in [2.24, 2.45) is 7.05 Å². The van der Waals surface area contributed by atoms with Crippen LogP contribution in [-0.4, -0.2) is 29.5 Å². The average Bonchev–Trinajstić information content (AvgIpc) is 2.99. The van der Waals surface area contributed by atoms with Crippen LogP contribution in [0.3, 0.4) is 0 Å². The summed E-state index contributed by atoms with van der Waals surface area (Å²) in [5.41, 5.74) is 0.333. The Balaban J connectivity index is 1.87. The predicted molar refractivity (Wildman–Crippen MR) is 74.1 cm³/mol. The molecule has 0 saturated carbocycles. The summed E-state index contributed by atoms with van der Waals surface area (Å²) in [6, 6.07) is 3.70. The first-order valence-electron chi connectivity index (χ1n) is 6.28. The van der Waals surface area contributed by atoms with Gasteiger partial charge in [-0.1, -0.05) is 11.6 Å². The number of hydrogen-bond donors (Lipinski definition) is 0. The third-order valence-electron chi connectivity index (χ3n) is 3.33. The SMILES string of the molecule is Cn1ncc(N2CCOC(c3ccco3)C2)c(Cl)c1=O. The number of ether oxygens (including phenoxy) is 1. The lowest BCUT2D eigenvalue weighted by Crippen LogP contribution is -2.39. The standard InChI is InChI=1S/C13H14ClN3O3/c1-16-13(18)12(14)9(7-15-16)17-4-6-20-11(8-17)10-3-2-5-19-10/h2-3,5,7,11H,4,6,8H2,1H3. The van der Waals surface area contributed by atoms with Crippen molar-refractivity contribution in [1.82, 2.24) is 9.78 Å². The Morgan fingerprint density at radius 1 is 1.50 bits per heavy atom. The summed E-state index contributed by atoms with van der Waals surface area (Å²) < 4.78 is 12.3. The first-order chi connectivity index (χ1) is 9.66. The van der Waals surface area contributed by atoms with E-state index >= 15 is 0 Å². The van der Waals surface area contributed by atoms with Crippen molar-refractivity contribution in [2.75, 3.05) is 24.6 Å². The molecule has 2 aromatic rings. The molecule has 7 heteroatoms. The van der Waals surface area contributed by atoms with Crippen LogP contribution in [-0.2, 0) is 11.8 Å². The van der Waals surface area contributed by atoms with Gasteiger partial charge in [0.15, 0.2) is 0 Å². The summed E-state index contributed by atoms with van der Waals surface area (Å²) >= 11 is 6.13. The lowest BCUT2D eigenvalue weighted by atomic mass is 10.2. The Labute approximate surface area is 120 Å². The molecule has 1 aliphatic heterocycles. The zero-order chi connectivity index (χ0) is 14.1. The highest BCUT2D eigenvalue weighted by molar-refractivity contribution is 6.33. The molecule has 1 unspecified atom stereocenters. The summed E-state index contributed by atoms with van der Waals surface area (Å²) in [4.78, 5) is 13.8. The third-order valence-corrected chi connectivity index (χ3v) is 3.68. The van der Waals surface area contributed by atoms with Gasteiger partial charge in [0.1, 0.15) is 16.9 Å². The van der Waals surface area contributed by atoms with Gasteiger partial charge in [-0.25, -0.2) is 4.68 Å². The second kappa shape index (κ2) is 5.30. The summed E-state index contributed by atoms with van der Waals surface area (Å²) in [5, 5.41) is 4.20. The van der Waals surface area contributed by atoms with Crippen LogP contribution in [0.1, 0.15) is 11.9 Å². The van der Waals surface area contributed by atoms with E-state index < -0.39 is 0 Å². The van der Waals surface area contributed by atoms with Crippen molar-refractivity contribution in [3.8, 4) is 0 Å². The zero-order valence-corrected chi connectivity index (χ0v) is 11.7. The molecular formula is C13H14ClN3O3. The topological polar surface area (TPSA) is 60.5 Å². The molecule has 1 saturated heterocycles. The molecule has 6 nitrogen and oxygen atoms in total. The fourth-order valence-corrected chi connectivity index (χ4v) is 2.53. The van der Waals surface area contributed by atoms with Gasteiger partial charge in [-0.3, -0.25) is 4.79 Å². The van der Waals surface area contributed by atoms with Crippen LogP contribution in [0.4, 0.5) is 5.69 Å². The lowest BCUT2D eigenvalue weighted by Gasteiger charge is -2.33. The zero-order valence-electron chi connectivity index (χ0n) is 11.0. The molecule has 0 aromatic carbocycles. The molecule has 3 rings (SSSR count). The van der Waals surface area contributed by atoms with Crippen molar-refractivity contribution >= 4 is 17.3 Å². The molecule has 0 bridgehead atoms. The minimum atomic E-state index is -0.301. The van der Waals surface area contributed by atoms with E-state index in [-0.39, 0.29) is 16.7 Å². The highest BCUT2D eigenvalue weighted by Gasteiger charge is 2.26. The van der Waals surface area contributed by atoms with E-state index in [1.165, 1.54) is 4.68 Å². The van der Waals surface area contributed by atoms with Crippen LogP contribution in [0.25, 0.3) is 0 Å². The average molecular weight is 296 g/mol. The molecule has 0 aliphatic carbocycles. The Hall–Kier alpha value is -1.79. The fourth-order valence-electron chi connectivity index (χ4n) is 2.24. The van der Waals surface area contributed by atoms with E-state index in [9.17, 15) is 4.79 Å². The number of furan rings is 1. The molecule has 20 heavy (non-hydrogen) atoms. The Bertz CT molecular complexity index is 653. The van der Waals surface area contributed by atoms with Gasteiger partial charge in [0.05, 0.1) is 31.3 Å². The molecule has 1 aliphatic rings. The first-order valence-corrected chi connectivity index (χ1v) is 6.66. The van der Waals surface area contributed by atoms with Crippen molar-refractivity contribution < 1.29 is 9.15 Å². The number of hydrogen-bond acceptors (Lipinski definition) is 5. The monoisotopic (exact) mass is 295 g/mol. The molecule has 1 fully saturated rings. The minimum Gasteiger partial charge on any atom is -0.467 e. The van der Waals surface area contributed by atoms with Crippen molar-refractivity contribution in [2.45, 2.75) is 6.10 Å². The maximum atomic E-state index is 11.8.